The lowest BCUT2D eigenvalue weighted by Gasteiger charge is -2.09. The molecule has 0 bridgehead atoms. The number of hydrogen-bond donors (Lipinski definition) is 0. The van der Waals surface area contributed by atoms with E-state index in [0.29, 0.717) is 4.83 Å². The molecule has 1 nitrogen and oxygen atoms in total. The van der Waals surface area contributed by atoms with Crippen molar-refractivity contribution in [1.82, 2.24) is 4.98 Å². The fourth-order valence-electron chi connectivity index (χ4n) is 2.02. The van der Waals surface area contributed by atoms with E-state index in [0.717, 1.165) is 12.8 Å². The van der Waals surface area contributed by atoms with Crippen LogP contribution in [0.1, 0.15) is 24.1 Å². The number of aromatic nitrogens is 1. The number of benzene rings is 1. The van der Waals surface area contributed by atoms with Gasteiger partial charge >= 0.3 is 0 Å². The van der Waals surface area contributed by atoms with Gasteiger partial charge in [0.05, 0.1) is 0 Å². The first kappa shape index (κ1) is 13.3. The molecule has 0 saturated heterocycles. The van der Waals surface area contributed by atoms with Crippen LogP contribution in [-0.2, 0) is 12.8 Å². The smallest absolute Gasteiger partial charge is 0.0414 e. The summed E-state index contributed by atoms with van der Waals surface area (Å²) in [5.74, 6) is 0. The van der Waals surface area contributed by atoms with E-state index in [9.17, 15) is 0 Å². The highest BCUT2D eigenvalue weighted by Crippen LogP contribution is 2.15. The third kappa shape index (κ3) is 4.61. The van der Waals surface area contributed by atoms with Crippen LogP contribution in [0.15, 0.2) is 54.7 Å². The van der Waals surface area contributed by atoms with Crippen LogP contribution in [0.5, 0.6) is 0 Å². The van der Waals surface area contributed by atoms with Crippen molar-refractivity contribution in [2.75, 3.05) is 0 Å². The molecule has 0 radical (unpaired) electrons. The maximum absolute atomic E-state index is 4.35. The van der Waals surface area contributed by atoms with Gasteiger partial charge in [-0.1, -0.05) is 52.3 Å². The average Bonchev–Trinajstić information content (AvgIpc) is 2.41. The van der Waals surface area contributed by atoms with Gasteiger partial charge in [0.1, 0.15) is 0 Å². The molecule has 1 aromatic heterocycles. The van der Waals surface area contributed by atoms with E-state index in [4.69, 9.17) is 0 Å². The molecule has 0 aliphatic carbocycles. The lowest BCUT2D eigenvalue weighted by molar-refractivity contribution is 0.694. The lowest BCUT2D eigenvalue weighted by Crippen LogP contribution is -2.04. The lowest BCUT2D eigenvalue weighted by atomic mass is 10.1. The van der Waals surface area contributed by atoms with Gasteiger partial charge in [0.15, 0.2) is 0 Å². The summed E-state index contributed by atoms with van der Waals surface area (Å²) in [7, 11) is 0. The summed E-state index contributed by atoms with van der Waals surface area (Å²) < 4.78 is 0. The number of halogens is 1. The summed E-state index contributed by atoms with van der Waals surface area (Å²) in [4.78, 5) is 4.88. The largest absolute Gasteiger partial charge is 0.261 e. The van der Waals surface area contributed by atoms with Crippen molar-refractivity contribution in [3.05, 3.63) is 66.0 Å². The van der Waals surface area contributed by atoms with E-state index in [1.807, 2.05) is 18.3 Å². The van der Waals surface area contributed by atoms with Crippen LogP contribution in [0.2, 0.25) is 0 Å². The summed E-state index contributed by atoms with van der Waals surface area (Å²) >= 11 is 3.75. The van der Waals surface area contributed by atoms with Crippen molar-refractivity contribution in [3.63, 3.8) is 0 Å². The minimum Gasteiger partial charge on any atom is -0.261 e. The maximum atomic E-state index is 4.35. The van der Waals surface area contributed by atoms with E-state index in [2.05, 4.69) is 57.3 Å². The standard InChI is InChI=1S/C16H18BrN/c17-15(13-16-11-4-5-12-18-16)10-6-9-14-7-2-1-3-8-14/h1-5,7-8,11-12,15H,6,9-10,13H2. The SMILES string of the molecule is BrC(CCCc1ccccc1)Cc1ccccn1. The Morgan fingerprint density at radius 3 is 2.50 bits per heavy atom. The molecule has 2 heteroatoms. The third-order valence-electron chi connectivity index (χ3n) is 2.98. The number of aryl methyl sites for hydroxylation is 1. The fourth-order valence-corrected chi connectivity index (χ4v) is 2.68. The third-order valence-corrected chi connectivity index (χ3v) is 3.76. The zero-order valence-corrected chi connectivity index (χ0v) is 12.0. The van der Waals surface area contributed by atoms with Gasteiger partial charge < -0.3 is 0 Å². The van der Waals surface area contributed by atoms with Gasteiger partial charge in [-0.25, -0.2) is 0 Å². The van der Waals surface area contributed by atoms with E-state index in [1.54, 1.807) is 0 Å². The second-order valence-corrected chi connectivity index (χ2v) is 5.80. The van der Waals surface area contributed by atoms with Crippen molar-refractivity contribution in [2.45, 2.75) is 30.5 Å². The predicted octanol–water partition coefficient (Wildman–Crippen LogP) is 4.41. The van der Waals surface area contributed by atoms with Gasteiger partial charge in [0, 0.05) is 23.1 Å². The van der Waals surface area contributed by atoms with Crippen LogP contribution in [0, 0.1) is 0 Å². The van der Waals surface area contributed by atoms with Gasteiger partial charge in [0.25, 0.3) is 0 Å². The van der Waals surface area contributed by atoms with Crippen molar-refractivity contribution < 1.29 is 0 Å². The molecule has 0 saturated carbocycles. The Labute approximate surface area is 117 Å². The average molecular weight is 304 g/mol. The van der Waals surface area contributed by atoms with Crippen LogP contribution >= 0.6 is 15.9 Å². The topological polar surface area (TPSA) is 12.9 Å². The molecule has 0 aliphatic heterocycles. The van der Waals surface area contributed by atoms with Crippen molar-refractivity contribution in [1.29, 1.82) is 0 Å². The number of nitrogens with zero attached hydrogens (tertiary/aromatic N) is 1. The Balaban J connectivity index is 1.71. The molecule has 0 spiro atoms. The Morgan fingerprint density at radius 2 is 1.78 bits per heavy atom. The summed E-state index contributed by atoms with van der Waals surface area (Å²) in [5.41, 5.74) is 2.59. The number of pyridine rings is 1. The van der Waals surface area contributed by atoms with Crippen LogP contribution in [-0.4, -0.2) is 9.81 Å². The molecule has 0 aliphatic rings. The minimum atomic E-state index is 0.524. The normalized spacial score (nSPS) is 12.3. The predicted molar refractivity (Wildman–Crippen MR) is 80.0 cm³/mol. The highest BCUT2D eigenvalue weighted by molar-refractivity contribution is 9.09. The summed E-state index contributed by atoms with van der Waals surface area (Å²) in [6.45, 7) is 0. The highest BCUT2D eigenvalue weighted by atomic mass is 79.9. The minimum absolute atomic E-state index is 0.524. The monoisotopic (exact) mass is 303 g/mol. The molecule has 2 aromatic rings. The molecule has 94 valence electrons. The molecule has 0 N–H and O–H groups in total. The van der Waals surface area contributed by atoms with Gasteiger partial charge in [-0.3, -0.25) is 4.98 Å². The van der Waals surface area contributed by atoms with E-state index < -0.39 is 0 Å². The van der Waals surface area contributed by atoms with Crippen LogP contribution in [0.25, 0.3) is 0 Å². The zero-order valence-electron chi connectivity index (χ0n) is 10.4. The Hall–Kier alpha value is -1.15. The first-order chi connectivity index (χ1) is 8.84. The number of rotatable bonds is 6. The molecule has 18 heavy (non-hydrogen) atoms. The Kier molecular flexibility index (Phi) is 5.40. The summed E-state index contributed by atoms with van der Waals surface area (Å²) in [5, 5.41) is 0. The van der Waals surface area contributed by atoms with E-state index in [1.165, 1.54) is 24.1 Å². The quantitative estimate of drug-likeness (QED) is 0.720. The summed E-state index contributed by atoms with van der Waals surface area (Å²) in [6, 6.07) is 16.8. The molecule has 1 aromatic carbocycles. The molecule has 1 unspecified atom stereocenters. The van der Waals surface area contributed by atoms with Crippen molar-refractivity contribution >= 4 is 15.9 Å². The van der Waals surface area contributed by atoms with Gasteiger partial charge in [-0.05, 0) is 37.0 Å². The van der Waals surface area contributed by atoms with Gasteiger partial charge in [-0.15, -0.1) is 0 Å². The molecule has 0 fully saturated rings. The van der Waals surface area contributed by atoms with Crippen LogP contribution in [0.3, 0.4) is 0 Å². The van der Waals surface area contributed by atoms with Gasteiger partial charge in [-0.2, -0.15) is 0 Å². The molecule has 1 atom stereocenters. The van der Waals surface area contributed by atoms with Crippen molar-refractivity contribution in [3.8, 4) is 0 Å². The van der Waals surface area contributed by atoms with Gasteiger partial charge in [0.2, 0.25) is 0 Å². The fraction of sp³-hybridized carbons (Fsp3) is 0.312. The number of hydrogen-bond acceptors (Lipinski definition) is 1. The molecule has 1 heterocycles. The second-order valence-electron chi connectivity index (χ2n) is 4.50. The molecule has 2 rings (SSSR count). The second kappa shape index (κ2) is 7.32. The zero-order chi connectivity index (χ0) is 12.6. The summed E-state index contributed by atoms with van der Waals surface area (Å²) in [6.07, 6.45) is 6.43. The maximum Gasteiger partial charge on any atom is 0.0414 e. The highest BCUT2D eigenvalue weighted by Gasteiger charge is 2.06. The molecule has 0 amide bonds. The number of alkyl halides is 1. The first-order valence-corrected chi connectivity index (χ1v) is 7.34. The Morgan fingerprint density at radius 1 is 1.00 bits per heavy atom. The van der Waals surface area contributed by atoms with E-state index >= 15 is 0 Å². The molecular weight excluding hydrogens is 286 g/mol. The van der Waals surface area contributed by atoms with E-state index in [-0.39, 0.29) is 0 Å². The van der Waals surface area contributed by atoms with Crippen LogP contribution < -0.4 is 0 Å². The first-order valence-electron chi connectivity index (χ1n) is 6.42. The molecular formula is C16H18BrN. The van der Waals surface area contributed by atoms with Crippen LogP contribution in [0.4, 0.5) is 0 Å². The Bertz CT molecular complexity index is 441. The van der Waals surface area contributed by atoms with Crippen molar-refractivity contribution in [2.24, 2.45) is 0 Å².